The Hall–Kier alpha value is -2.41. The fraction of sp³-hybridized carbons (Fsp3) is 0.200. The van der Waals surface area contributed by atoms with Crippen LogP contribution >= 0.6 is 0 Å². The van der Waals surface area contributed by atoms with Crippen LogP contribution in [0, 0.1) is 6.92 Å². The number of hydrogen-bond acceptors (Lipinski definition) is 4. The van der Waals surface area contributed by atoms with E-state index >= 15 is 0 Å². The number of hydrogen-bond donors (Lipinski definition) is 1. The van der Waals surface area contributed by atoms with Crippen LogP contribution in [0.2, 0.25) is 0 Å². The number of carboxylic acid groups (broad SMARTS) is 1. The van der Waals surface area contributed by atoms with Gasteiger partial charge in [-0.15, -0.1) is 0 Å². The Morgan fingerprint density at radius 1 is 1.27 bits per heavy atom. The highest BCUT2D eigenvalue weighted by atomic mass is 32.2. The van der Waals surface area contributed by atoms with Crippen molar-refractivity contribution >= 4 is 21.7 Å². The van der Waals surface area contributed by atoms with Crippen LogP contribution in [0.3, 0.4) is 0 Å². The molecule has 0 radical (unpaired) electrons. The van der Waals surface area contributed by atoms with Gasteiger partial charge in [0, 0.05) is 12.7 Å². The highest BCUT2D eigenvalue weighted by Gasteiger charge is 2.24. The van der Waals surface area contributed by atoms with Crippen molar-refractivity contribution < 1.29 is 18.3 Å². The van der Waals surface area contributed by atoms with E-state index in [2.05, 4.69) is 4.98 Å². The van der Waals surface area contributed by atoms with Crippen molar-refractivity contribution in [1.29, 1.82) is 0 Å². The first-order valence-corrected chi connectivity index (χ1v) is 8.08. The summed E-state index contributed by atoms with van der Waals surface area (Å²) in [5.41, 5.74) is 0.994. The summed E-state index contributed by atoms with van der Waals surface area (Å²) in [6, 6.07) is 7.86. The van der Waals surface area contributed by atoms with Crippen LogP contribution in [-0.2, 0) is 10.0 Å². The van der Waals surface area contributed by atoms with Gasteiger partial charge in [0.25, 0.3) is 10.0 Å². The number of aromatic nitrogens is 1. The molecule has 1 N–H and O–H groups in total. The summed E-state index contributed by atoms with van der Waals surface area (Å²) >= 11 is 0. The molecule has 0 saturated heterocycles. The van der Waals surface area contributed by atoms with Crippen LogP contribution < -0.4 is 4.31 Å². The van der Waals surface area contributed by atoms with E-state index in [9.17, 15) is 13.2 Å². The average Bonchev–Trinajstić information content (AvgIpc) is 2.48. The molecule has 22 heavy (non-hydrogen) atoms. The third kappa shape index (κ3) is 3.09. The van der Waals surface area contributed by atoms with E-state index in [0.29, 0.717) is 0 Å². The molecule has 7 heteroatoms. The van der Waals surface area contributed by atoms with Gasteiger partial charge in [-0.1, -0.05) is 12.1 Å². The summed E-state index contributed by atoms with van der Waals surface area (Å²) in [6.45, 7) is 3.66. The minimum atomic E-state index is -3.77. The lowest BCUT2D eigenvalue weighted by Crippen LogP contribution is -2.31. The summed E-state index contributed by atoms with van der Waals surface area (Å²) in [5.74, 6) is -1.15. The second-order valence-electron chi connectivity index (χ2n) is 4.72. The Kier molecular flexibility index (Phi) is 4.46. The number of aromatic carboxylic acids is 1. The van der Waals surface area contributed by atoms with Crippen LogP contribution in [0.4, 0.5) is 5.69 Å². The molecule has 116 valence electrons. The second-order valence-corrected chi connectivity index (χ2v) is 6.59. The van der Waals surface area contributed by atoms with Crippen LogP contribution in [-0.4, -0.2) is 31.0 Å². The summed E-state index contributed by atoms with van der Waals surface area (Å²) in [5, 5.41) is 9.01. The van der Waals surface area contributed by atoms with Crippen LogP contribution in [0.1, 0.15) is 22.8 Å². The van der Waals surface area contributed by atoms with E-state index in [1.807, 2.05) is 13.0 Å². The van der Waals surface area contributed by atoms with Crippen molar-refractivity contribution in [2.24, 2.45) is 0 Å². The number of carbonyl (C=O) groups is 1. The SMILES string of the molecule is CCN(c1cncc(C(=O)O)c1)S(=O)(=O)c1cccc(C)c1. The minimum Gasteiger partial charge on any atom is -0.478 e. The number of anilines is 1. The molecular formula is C15H16N2O4S. The monoisotopic (exact) mass is 320 g/mol. The topological polar surface area (TPSA) is 87.6 Å². The van der Waals surface area contributed by atoms with E-state index in [-0.39, 0.29) is 22.7 Å². The fourth-order valence-corrected chi connectivity index (χ4v) is 3.63. The first kappa shape index (κ1) is 16.0. The van der Waals surface area contributed by atoms with Crippen molar-refractivity contribution in [2.75, 3.05) is 10.8 Å². The second kappa shape index (κ2) is 6.15. The molecule has 0 spiro atoms. The number of carboxylic acids is 1. The van der Waals surface area contributed by atoms with E-state index in [0.717, 1.165) is 9.87 Å². The zero-order valence-electron chi connectivity index (χ0n) is 12.2. The molecule has 0 amide bonds. The van der Waals surface area contributed by atoms with Gasteiger partial charge >= 0.3 is 5.97 Å². The Labute approximate surface area is 129 Å². The van der Waals surface area contributed by atoms with E-state index in [4.69, 9.17) is 5.11 Å². The Balaban J connectivity index is 2.51. The first-order chi connectivity index (χ1) is 10.4. The van der Waals surface area contributed by atoms with E-state index in [1.54, 1.807) is 19.1 Å². The molecule has 6 nitrogen and oxygen atoms in total. The summed E-state index contributed by atoms with van der Waals surface area (Å²) in [4.78, 5) is 15.0. The lowest BCUT2D eigenvalue weighted by Gasteiger charge is -2.23. The van der Waals surface area contributed by atoms with Gasteiger partial charge in [-0.05, 0) is 37.6 Å². The van der Waals surface area contributed by atoms with Crippen molar-refractivity contribution in [2.45, 2.75) is 18.7 Å². The smallest absolute Gasteiger partial charge is 0.337 e. The highest BCUT2D eigenvalue weighted by Crippen LogP contribution is 2.24. The van der Waals surface area contributed by atoms with E-state index < -0.39 is 16.0 Å². The van der Waals surface area contributed by atoms with Crippen molar-refractivity contribution in [3.8, 4) is 0 Å². The fourth-order valence-electron chi connectivity index (χ4n) is 2.08. The first-order valence-electron chi connectivity index (χ1n) is 6.64. The molecule has 0 saturated carbocycles. The van der Waals surface area contributed by atoms with Gasteiger partial charge in [-0.25, -0.2) is 13.2 Å². The number of sulfonamides is 1. The molecule has 1 aromatic heterocycles. The van der Waals surface area contributed by atoms with Crippen LogP contribution in [0.15, 0.2) is 47.6 Å². The maximum atomic E-state index is 12.7. The summed E-state index contributed by atoms with van der Waals surface area (Å²) in [7, 11) is -3.77. The average molecular weight is 320 g/mol. The number of nitrogens with zero attached hydrogens (tertiary/aromatic N) is 2. The van der Waals surface area contributed by atoms with Gasteiger partial charge in [0.15, 0.2) is 0 Å². The highest BCUT2D eigenvalue weighted by molar-refractivity contribution is 7.92. The Morgan fingerprint density at radius 3 is 2.59 bits per heavy atom. The number of rotatable bonds is 5. The van der Waals surface area contributed by atoms with Gasteiger partial charge in [-0.2, -0.15) is 0 Å². The summed E-state index contributed by atoms with van der Waals surface area (Å²) in [6.07, 6.45) is 2.52. The van der Waals surface area contributed by atoms with Crippen LogP contribution in [0.5, 0.6) is 0 Å². The standard InChI is InChI=1S/C15H16N2O4S/c1-3-17(13-8-12(15(18)19)9-16-10-13)22(20,21)14-6-4-5-11(2)7-14/h4-10H,3H2,1-2H3,(H,18,19). The normalized spacial score (nSPS) is 11.2. The maximum Gasteiger partial charge on any atom is 0.337 e. The summed E-state index contributed by atoms with van der Waals surface area (Å²) < 4.78 is 26.6. The third-order valence-corrected chi connectivity index (χ3v) is 5.02. The van der Waals surface area contributed by atoms with Gasteiger partial charge in [0.1, 0.15) is 0 Å². The molecule has 0 aliphatic heterocycles. The Bertz CT molecular complexity index is 803. The minimum absolute atomic E-state index is 0.0598. The molecule has 0 unspecified atom stereocenters. The van der Waals surface area contributed by atoms with Crippen molar-refractivity contribution in [3.05, 3.63) is 53.9 Å². The molecule has 2 rings (SSSR count). The molecule has 1 heterocycles. The number of benzene rings is 1. The molecule has 1 aromatic carbocycles. The van der Waals surface area contributed by atoms with Gasteiger partial charge in [0.05, 0.1) is 22.3 Å². The van der Waals surface area contributed by atoms with E-state index in [1.165, 1.54) is 24.5 Å². The molecular weight excluding hydrogens is 304 g/mol. The zero-order chi connectivity index (χ0) is 16.3. The lowest BCUT2D eigenvalue weighted by atomic mass is 10.2. The molecule has 0 bridgehead atoms. The quantitative estimate of drug-likeness (QED) is 0.913. The predicted molar refractivity (Wildman–Crippen MR) is 82.6 cm³/mol. The third-order valence-electron chi connectivity index (χ3n) is 3.12. The molecule has 0 aliphatic rings. The number of pyridine rings is 1. The molecule has 0 aliphatic carbocycles. The van der Waals surface area contributed by atoms with Crippen molar-refractivity contribution in [3.63, 3.8) is 0 Å². The molecule has 0 fully saturated rings. The zero-order valence-corrected chi connectivity index (χ0v) is 13.0. The largest absolute Gasteiger partial charge is 0.478 e. The van der Waals surface area contributed by atoms with Crippen molar-refractivity contribution in [1.82, 2.24) is 4.98 Å². The van der Waals surface area contributed by atoms with Gasteiger partial charge < -0.3 is 5.11 Å². The number of aryl methyl sites for hydroxylation is 1. The Morgan fingerprint density at radius 2 is 2.00 bits per heavy atom. The van der Waals surface area contributed by atoms with Gasteiger partial charge in [0.2, 0.25) is 0 Å². The molecule has 2 aromatic rings. The predicted octanol–water partition coefficient (Wildman–Crippen LogP) is 2.30. The maximum absolute atomic E-state index is 12.7. The van der Waals surface area contributed by atoms with Gasteiger partial charge in [-0.3, -0.25) is 9.29 Å². The molecule has 0 atom stereocenters. The van der Waals surface area contributed by atoms with Crippen LogP contribution in [0.25, 0.3) is 0 Å². The lowest BCUT2D eigenvalue weighted by molar-refractivity contribution is 0.0696.